The van der Waals surface area contributed by atoms with Gasteiger partial charge in [-0.05, 0) is 32.2 Å². The van der Waals surface area contributed by atoms with E-state index >= 15 is 0 Å². The molecule has 1 saturated carbocycles. The van der Waals surface area contributed by atoms with E-state index in [-0.39, 0.29) is 5.91 Å². The van der Waals surface area contributed by atoms with Crippen LogP contribution in [0.4, 0.5) is 0 Å². The topological polar surface area (TPSA) is 75.4 Å². The molecule has 0 aromatic carbocycles. The van der Waals surface area contributed by atoms with Gasteiger partial charge in [0.25, 0.3) is 0 Å². The number of unbranched alkanes of at least 4 members (excludes halogenated alkanes) is 2. The second-order valence-electron chi connectivity index (χ2n) is 5.51. The van der Waals surface area contributed by atoms with Crippen LogP contribution in [0.25, 0.3) is 0 Å². The number of rotatable bonds is 7. The summed E-state index contributed by atoms with van der Waals surface area (Å²) in [6.07, 6.45) is 9.63. The number of nitrogens with two attached hydrogens (primary N) is 1. The van der Waals surface area contributed by atoms with Gasteiger partial charge in [0.15, 0.2) is 0 Å². The molecule has 0 unspecified atom stereocenters. The molecule has 0 radical (unpaired) electrons. The number of aliphatic hydroxyl groups is 1. The molecule has 4 N–H and O–H groups in total. The Kier molecular flexibility index (Phi) is 7.28. The molecular weight excluding hydrogens is 228 g/mol. The summed E-state index contributed by atoms with van der Waals surface area (Å²) in [5, 5.41) is 13.3. The Labute approximate surface area is 110 Å². The standard InChI is InChI=1S/C14H28N2O2/c15-11-7-3-4-8-13(17)16-12-14(18)9-5-1-2-6-10-14/h18H,1-12,15H2,(H,16,17). The molecule has 0 atom stereocenters. The summed E-state index contributed by atoms with van der Waals surface area (Å²) in [5.41, 5.74) is 4.74. The van der Waals surface area contributed by atoms with Crippen molar-refractivity contribution < 1.29 is 9.90 Å². The molecule has 0 heterocycles. The molecule has 18 heavy (non-hydrogen) atoms. The van der Waals surface area contributed by atoms with E-state index in [0.29, 0.717) is 19.5 Å². The first-order valence-electron chi connectivity index (χ1n) is 7.35. The average Bonchev–Trinajstić information content (AvgIpc) is 2.58. The van der Waals surface area contributed by atoms with Crippen LogP contribution in [-0.2, 0) is 4.79 Å². The van der Waals surface area contributed by atoms with Crippen molar-refractivity contribution in [2.75, 3.05) is 13.1 Å². The van der Waals surface area contributed by atoms with Gasteiger partial charge in [0.1, 0.15) is 0 Å². The molecule has 106 valence electrons. The van der Waals surface area contributed by atoms with E-state index in [4.69, 9.17) is 5.73 Å². The fraction of sp³-hybridized carbons (Fsp3) is 0.929. The Balaban J connectivity index is 2.15. The van der Waals surface area contributed by atoms with Gasteiger partial charge in [0, 0.05) is 13.0 Å². The molecule has 0 spiro atoms. The van der Waals surface area contributed by atoms with Crippen LogP contribution >= 0.6 is 0 Å². The first-order valence-corrected chi connectivity index (χ1v) is 7.35. The molecule has 0 bridgehead atoms. The van der Waals surface area contributed by atoms with Crippen molar-refractivity contribution in [2.24, 2.45) is 5.73 Å². The molecule has 0 aromatic heterocycles. The van der Waals surface area contributed by atoms with Gasteiger partial charge < -0.3 is 16.2 Å². The van der Waals surface area contributed by atoms with Gasteiger partial charge >= 0.3 is 0 Å². The summed E-state index contributed by atoms with van der Waals surface area (Å²) in [6, 6.07) is 0. The van der Waals surface area contributed by atoms with Gasteiger partial charge in [-0.3, -0.25) is 4.79 Å². The van der Waals surface area contributed by atoms with Crippen molar-refractivity contribution >= 4 is 5.91 Å². The number of nitrogens with one attached hydrogen (secondary N) is 1. The Bertz CT molecular complexity index is 236. The third-order valence-corrected chi connectivity index (χ3v) is 3.76. The Hall–Kier alpha value is -0.610. The smallest absolute Gasteiger partial charge is 0.220 e. The maximum absolute atomic E-state index is 11.6. The molecule has 1 amide bonds. The highest BCUT2D eigenvalue weighted by Gasteiger charge is 2.28. The van der Waals surface area contributed by atoms with E-state index in [2.05, 4.69) is 5.32 Å². The van der Waals surface area contributed by atoms with Crippen molar-refractivity contribution in [3.8, 4) is 0 Å². The van der Waals surface area contributed by atoms with Crippen molar-refractivity contribution in [3.05, 3.63) is 0 Å². The monoisotopic (exact) mass is 256 g/mol. The largest absolute Gasteiger partial charge is 0.388 e. The Morgan fingerprint density at radius 1 is 1.11 bits per heavy atom. The quantitative estimate of drug-likeness (QED) is 0.479. The van der Waals surface area contributed by atoms with Crippen LogP contribution < -0.4 is 11.1 Å². The lowest BCUT2D eigenvalue weighted by molar-refractivity contribution is -0.122. The third kappa shape index (κ3) is 6.36. The summed E-state index contributed by atoms with van der Waals surface area (Å²) >= 11 is 0. The van der Waals surface area contributed by atoms with Crippen LogP contribution in [0.3, 0.4) is 0 Å². The molecule has 0 aromatic rings. The van der Waals surface area contributed by atoms with E-state index in [1.165, 1.54) is 12.8 Å². The zero-order valence-electron chi connectivity index (χ0n) is 11.4. The Morgan fingerprint density at radius 2 is 1.78 bits per heavy atom. The van der Waals surface area contributed by atoms with E-state index in [9.17, 15) is 9.90 Å². The number of carbonyl (C=O) groups is 1. The zero-order chi connectivity index (χ0) is 13.3. The highest BCUT2D eigenvalue weighted by atomic mass is 16.3. The lowest BCUT2D eigenvalue weighted by Crippen LogP contribution is -2.42. The summed E-state index contributed by atoms with van der Waals surface area (Å²) in [6.45, 7) is 1.12. The lowest BCUT2D eigenvalue weighted by Gasteiger charge is -2.26. The van der Waals surface area contributed by atoms with E-state index in [1.54, 1.807) is 0 Å². The second kappa shape index (κ2) is 8.48. The zero-order valence-corrected chi connectivity index (χ0v) is 11.4. The molecular formula is C14H28N2O2. The fourth-order valence-electron chi connectivity index (χ4n) is 2.52. The minimum atomic E-state index is -0.663. The molecule has 1 rings (SSSR count). The van der Waals surface area contributed by atoms with Gasteiger partial charge in [0.2, 0.25) is 5.91 Å². The van der Waals surface area contributed by atoms with Crippen LogP contribution in [0.1, 0.15) is 64.2 Å². The summed E-state index contributed by atoms with van der Waals surface area (Å²) < 4.78 is 0. The van der Waals surface area contributed by atoms with Crippen LogP contribution in [-0.4, -0.2) is 29.7 Å². The first kappa shape index (κ1) is 15.4. The Morgan fingerprint density at radius 3 is 2.39 bits per heavy atom. The lowest BCUT2D eigenvalue weighted by atomic mass is 9.94. The highest BCUT2D eigenvalue weighted by molar-refractivity contribution is 5.75. The highest BCUT2D eigenvalue weighted by Crippen LogP contribution is 2.26. The first-order chi connectivity index (χ1) is 8.66. The maximum atomic E-state index is 11.6. The van der Waals surface area contributed by atoms with Crippen LogP contribution in [0.15, 0.2) is 0 Å². The van der Waals surface area contributed by atoms with Crippen LogP contribution in [0.5, 0.6) is 0 Å². The second-order valence-corrected chi connectivity index (χ2v) is 5.51. The van der Waals surface area contributed by atoms with Crippen molar-refractivity contribution in [1.29, 1.82) is 0 Å². The van der Waals surface area contributed by atoms with Crippen molar-refractivity contribution in [3.63, 3.8) is 0 Å². The van der Waals surface area contributed by atoms with E-state index in [0.717, 1.165) is 44.9 Å². The molecule has 1 aliphatic carbocycles. The number of hydrogen-bond acceptors (Lipinski definition) is 3. The van der Waals surface area contributed by atoms with Crippen molar-refractivity contribution in [1.82, 2.24) is 5.32 Å². The summed E-state index contributed by atoms with van der Waals surface area (Å²) in [4.78, 5) is 11.6. The van der Waals surface area contributed by atoms with E-state index in [1.807, 2.05) is 0 Å². The molecule has 1 fully saturated rings. The van der Waals surface area contributed by atoms with Crippen molar-refractivity contribution in [2.45, 2.75) is 69.8 Å². The molecule has 0 aliphatic heterocycles. The SMILES string of the molecule is NCCCCCC(=O)NCC1(O)CCCCCC1. The molecule has 1 aliphatic rings. The van der Waals surface area contributed by atoms with Crippen LogP contribution in [0, 0.1) is 0 Å². The number of carbonyl (C=O) groups excluding carboxylic acids is 1. The van der Waals surface area contributed by atoms with Crippen LogP contribution in [0.2, 0.25) is 0 Å². The normalized spacial score (nSPS) is 19.2. The van der Waals surface area contributed by atoms with Gasteiger partial charge in [-0.2, -0.15) is 0 Å². The minimum Gasteiger partial charge on any atom is -0.388 e. The minimum absolute atomic E-state index is 0.0599. The average molecular weight is 256 g/mol. The van der Waals surface area contributed by atoms with Gasteiger partial charge in [-0.1, -0.05) is 32.1 Å². The third-order valence-electron chi connectivity index (χ3n) is 3.76. The van der Waals surface area contributed by atoms with E-state index < -0.39 is 5.60 Å². The summed E-state index contributed by atoms with van der Waals surface area (Å²) in [7, 11) is 0. The fourth-order valence-corrected chi connectivity index (χ4v) is 2.52. The van der Waals surface area contributed by atoms with Gasteiger partial charge in [-0.15, -0.1) is 0 Å². The summed E-state index contributed by atoms with van der Waals surface area (Å²) in [5.74, 6) is 0.0599. The number of hydrogen-bond donors (Lipinski definition) is 3. The molecule has 4 heteroatoms. The molecule has 4 nitrogen and oxygen atoms in total. The van der Waals surface area contributed by atoms with Gasteiger partial charge in [0.05, 0.1) is 5.60 Å². The predicted octanol–water partition coefficient (Wildman–Crippen LogP) is 1.71. The van der Waals surface area contributed by atoms with Gasteiger partial charge in [-0.25, -0.2) is 0 Å². The molecule has 0 saturated heterocycles. The predicted molar refractivity (Wildman–Crippen MR) is 73.2 cm³/mol. The number of amides is 1. The maximum Gasteiger partial charge on any atom is 0.220 e.